The lowest BCUT2D eigenvalue weighted by molar-refractivity contribution is 0.309. The van der Waals surface area contributed by atoms with Gasteiger partial charge in [-0.05, 0) is 30.7 Å². The van der Waals surface area contributed by atoms with Crippen molar-refractivity contribution < 1.29 is 9.13 Å². The highest BCUT2D eigenvalue weighted by atomic mass is 19.1. The van der Waals surface area contributed by atoms with Gasteiger partial charge in [-0.25, -0.2) is 4.39 Å². The molecule has 0 saturated heterocycles. The number of rotatable bonds is 7. The van der Waals surface area contributed by atoms with Crippen LogP contribution in [0.3, 0.4) is 0 Å². The third kappa shape index (κ3) is 4.46. The van der Waals surface area contributed by atoms with E-state index in [2.05, 4.69) is 0 Å². The van der Waals surface area contributed by atoms with Crippen molar-refractivity contribution in [2.75, 3.05) is 25.1 Å². The zero-order valence-electron chi connectivity index (χ0n) is 12.3. The van der Waals surface area contributed by atoms with Gasteiger partial charge in [-0.3, -0.25) is 0 Å². The van der Waals surface area contributed by atoms with Crippen molar-refractivity contribution in [2.24, 2.45) is 5.73 Å². The highest BCUT2D eigenvalue weighted by Gasteiger charge is 2.03. The summed E-state index contributed by atoms with van der Waals surface area (Å²) < 4.78 is 18.9. The summed E-state index contributed by atoms with van der Waals surface area (Å²) in [5.41, 5.74) is 7.55. The van der Waals surface area contributed by atoms with Crippen LogP contribution in [0.2, 0.25) is 0 Å². The summed E-state index contributed by atoms with van der Waals surface area (Å²) in [6, 6.07) is 14.4. The maximum absolute atomic E-state index is 13.2. The van der Waals surface area contributed by atoms with E-state index in [0.717, 1.165) is 30.0 Å². The Bertz CT molecular complexity index is 574. The van der Waals surface area contributed by atoms with Crippen LogP contribution in [0.1, 0.15) is 12.0 Å². The van der Waals surface area contributed by atoms with Crippen LogP contribution in [-0.2, 0) is 6.54 Å². The molecule has 2 aromatic rings. The highest BCUT2D eigenvalue weighted by molar-refractivity contribution is 5.45. The molecule has 0 radical (unpaired) electrons. The van der Waals surface area contributed by atoms with E-state index in [-0.39, 0.29) is 5.82 Å². The number of anilines is 1. The molecule has 21 heavy (non-hydrogen) atoms. The molecule has 0 bridgehead atoms. The van der Waals surface area contributed by atoms with Crippen LogP contribution in [0, 0.1) is 5.82 Å². The van der Waals surface area contributed by atoms with Crippen LogP contribution < -0.4 is 15.4 Å². The van der Waals surface area contributed by atoms with Gasteiger partial charge in [0.25, 0.3) is 0 Å². The molecule has 0 amide bonds. The number of hydrogen-bond acceptors (Lipinski definition) is 3. The molecule has 0 saturated carbocycles. The standard InChI is InChI=1S/C17H21FN2O/c1-20(16-8-4-7-15(18)12-16)10-5-11-21-17-9-3-2-6-14(17)13-19/h2-4,6-9,12H,5,10-11,13,19H2,1H3. The molecule has 0 unspecified atom stereocenters. The fraction of sp³-hybridized carbons (Fsp3) is 0.294. The van der Waals surface area contributed by atoms with Gasteiger partial charge >= 0.3 is 0 Å². The maximum atomic E-state index is 13.2. The van der Waals surface area contributed by atoms with Gasteiger partial charge in [0.2, 0.25) is 0 Å². The molecule has 0 atom stereocenters. The van der Waals surface area contributed by atoms with Crippen LogP contribution in [0.15, 0.2) is 48.5 Å². The van der Waals surface area contributed by atoms with E-state index in [4.69, 9.17) is 10.5 Å². The average Bonchev–Trinajstić information content (AvgIpc) is 2.51. The van der Waals surface area contributed by atoms with Crippen molar-refractivity contribution in [3.8, 4) is 5.75 Å². The Morgan fingerprint density at radius 1 is 1.14 bits per heavy atom. The molecular formula is C17H21FN2O. The molecule has 0 aliphatic rings. The normalized spacial score (nSPS) is 10.4. The van der Waals surface area contributed by atoms with Crippen LogP contribution in [0.5, 0.6) is 5.75 Å². The first-order chi connectivity index (χ1) is 10.2. The number of halogens is 1. The summed E-state index contributed by atoms with van der Waals surface area (Å²) >= 11 is 0. The van der Waals surface area contributed by atoms with E-state index >= 15 is 0 Å². The van der Waals surface area contributed by atoms with Gasteiger partial charge in [0.1, 0.15) is 11.6 Å². The molecule has 0 aromatic heterocycles. The quantitative estimate of drug-likeness (QED) is 0.795. The maximum Gasteiger partial charge on any atom is 0.125 e. The number of nitrogens with two attached hydrogens (primary N) is 1. The van der Waals surface area contributed by atoms with E-state index in [1.165, 1.54) is 12.1 Å². The Morgan fingerprint density at radius 2 is 1.95 bits per heavy atom. The molecule has 0 heterocycles. The molecular weight excluding hydrogens is 267 g/mol. The van der Waals surface area contributed by atoms with Crippen LogP contribution in [0.25, 0.3) is 0 Å². The van der Waals surface area contributed by atoms with Crippen molar-refractivity contribution in [1.29, 1.82) is 0 Å². The molecule has 0 spiro atoms. The van der Waals surface area contributed by atoms with Gasteiger partial charge < -0.3 is 15.4 Å². The van der Waals surface area contributed by atoms with Crippen molar-refractivity contribution in [2.45, 2.75) is 13.0 Å². The summed E-state index contributed by atoms with van der Waals surface area (Å²) in [5.74, 6) is 0.626. The number of ether oxygens (including phenoxy) is 1. The number of para-hydroxylation sites is 1. The fourth-order valence-corrected chi connectivity index (χ4v) is 2.14. The summed E-state index contributed by atoms with van der Waals surface area (Å²) in [6.07, 6.45) is 0.853. The Balaban J connectivity index is 1.79. The minimum absolute atomic E-state index is 0.215. The summed E-state index contributed by atoms with van der Waals surface area (Å²) in [4.78, 5) is 2.02. The fourth-order valence-electron chi connectivity index (χ4n) is 2.14. The highest BCUT2D eigenvalue weighted by Crippen LogP contribution is 2.18. The Hall–Kier alpha value is -2.07. The van der Waals surface area contributed by atoms with E-state index in [1.54, 1.807) is 6.07 Å². The molecule has 2 N–H and O–H groups in total. The lowest BCUT2D eigenvalue weighted by Gasteiger charge is -2.19. The predicted molar refractivity (Wildman–Crippen MR) is 84.1 cm³/mol. The molecule has 2 rings (SSSR count). The van der Waals surface area contributed by atoms with Gasteiger partial charge in [0.05, 0.1) is 6.61 Å². The predicted octanol–water partition coefficient (Wildman–Crippen LogP) is 3.19. The minimum atomic E-state index is -0.215. The summed E-state index contributed by atoms with van der Waals surface area (Å²) in [6.45, 7) is 1.88. The number of hydrogen-bond donors (Lipinski definition) is 1. The first-order valence-corrected chi connectivity index (χ1v) is 7.08. The largest absolute Gasteiger partial charge is 0.493 e. The first-order valence-electron chi connectivity index (χ1n) is 7.08. The first kappa shape index (κ1) is 15.3. The zero-order chi connectivity index (χ0) is 15.1. The van der Waals surface area contributed by atoms with Gasteiger partial charge in [0, 0.05) is 31.4 Å². The van der Waals surface area contributed by atoms with Crippen LogP contribution >= 0.6 is 0 Å². The van der Waals surface area contributed by atoms with Crippen LogP contribution in [0.4, 0.5) is 10.1 Å². The van der Waals surface area contributed by atoms with Gasteiger partial charge in [-0.1, -0.05) is 24.3 Å². The topological polar surface area (TPSA) is 38.5 Å². The molecule has 4 heteroatoms. The monoisotopic (exact) mass is 288 g/mol. The van der Waals surface area contributed by atoms with E-state index in [9.17, 15) is 4.39 Å². The molecule has 2 aromatic carbocycles. The zero-order valence-corrected chi connectivity index (χ0v) is 12.3. The van der Waals surface area contributed by atoms with Gasteiger partial charge in [-0.15, -0.1) is 0 Å². The Kier molecular flexibility index (Phi) is 5.58. The lowest BCUT2D eigenvalue weighted by Crippen LogP contribution is -2.20. The van der Waals surface area contributed by atoms with Crippen LogP contribution in [-0.4, -0.2) is 20.2 Å². The smallest absolute Gasteiger partial charge is 0.125 e. The van der Waals surface area contributed by atoms with Gasteiger partial charge in [0.15, 0.2) is 0 Å². The number of benzene rings is 2. The second-order valence-electron chi connectivity index (χ2n) is 4.92. The average molecular weight is 288 g/mol. The minimum Gasteiger partial charge on any atom is -0.493 e. The molecule has 3 nitrogen and oxygen atoms in total. The van der Waals surface area contributed by atoms with Gasteiger partial charge in [-0.2, -0.15) is 0 Å². The summed E-state index contributed by atoms with van der Waals surface area (Å²) in [5, 5.41) is 0. The third-order valence-corrected chi connectivity index (χ3v) is 3.34. The number of nitrogens with zero attached hydrogens (tertiary/aromatic N) is 1. The third-order valence-electron chi connectivity index (χ3n) is 3.34. The summed E-state index contributed by atoms with van der Waals surface area (Å²) in [7, 11) is 1.95. The Morgan fingerprint density at radius 3 is 2.71 bits per heavy atom. The lowest BCUT2D eigenvalue weighted by atomic mass is 10.2. The SMILES string of the molecule is CN(CCCOc1ccccc1CN)c1cccc(F)c1. The van der Waals surface area contributed by atoms with Crippen molar-refractivity contribution in [3.63, 3.8) is 0 Å². The van der Waals surface area contributed by atoms with Crippen molar-refractivity contribution >= 4 is 5.69 Å². The van der Waals surface area contributed by atoms with E-state index in [1.807, 2.05) is 42.3 Å². The molecule has 0 aliphatic carbocycles. The molecule has 0 fully saturated rings. The second-order valence-corrected chi connectivity index (χ2v) is 4.92. The molecule has 112 valence electrons. The van der Waals surface area contributed by atoms with Crippen molar-refractivity contribution in [1.82, 2.24) is 0 Å². The Labute approximate surface area is 125 Å². The van der Waals surface area contributed by atoms with E-state index in [0.29, 0.717) is 13.2 Å². The van der Waals surface area contributed by atoms with E-state index < -0.39 is 0 Å². The molecule has 0 aliphatic heterocycles. The second kappa shape index (κ2) is 7.64. The van der Waals surface area contributed by atoms with Crippen molar-refractivity contribution in [3.05, 3.63) is 59.9 Å².